The second-order valence-electron chi connectivity index (χ2n) is 3.85. The molecule has 1 aromatic heterocycles. The number of rotatable bonds is 5. The molecule has 0 aliphatic rings. The summed E-state index contributed by atoms with van der Waals surface area (Å²) in [4.78, 5) is 4.41. The van der Waals surface area contributed by atoms with Gasteiger partial charge in [0.05, 0.1) is 4.88 Å². The number of halogens is 5. The third-order valence-corrected chi connectivity index (χ3v) is 3.34. The van der Waals surface area contributed by atoms with Gasteiger partial charge in [0.15, 0.2) is 10.9 Å². The predicted molar refractivity (Wildman–Crippen MR) is 66.8 cm³/mol. The largest absolute Gasteiger partial charge is 0.482 e. The number of aromatic nitrogens is 1. The molecule has 9 heteroatoms. The average molecular weight is 324 g/mol. The highest BCUT2D eigenvalue weighted by molar-refractivity contribution is 7.15. The van der Waals surface area contributed by atoms with Crippen molar-refractivity contribution in [3.8, 4) is 5.75 Å². The van der Waals surface area contributed by atoms with Crippen molar-refractivity contribution in [2.45, 2.75) is 13.5 Å². The lowest BCUT2D eigenvalue weighted by Gasteiger charge is -2.09. The molecular formula is C12H9F5N2OS. The van der Waals surface area contributed by atoms with Crippen LogP contribution in [-0.2, 0) is 6.61 Å². The van der Waals surface area contributed by atoms with Crippen molar-refractivity contribution < 1.29 is 26.7 Å². The highest BCUT2D eigenvalue weighted by atomic mass is 32.1. The van der Waals surface area contributed by atoms with E-state index in [9.17, 15) is 22.0 Å². The maximum absolute atomic E-state index is 13.4. The molecule has 1 aromatic carbocycles. The van der Waals surface area contributed by atoms with Crippen molar-refractivity contribution >= 4 is 16.5 Å². The summed E-state index contributed by atoms with van der Waals surface area (Å²) in [6, 6.07) is 0. The molecule has 0 atom stereocenters. The van der Waals surface area contributed by atoms with Gasteiger partial charge in [0.1, 0.15) is 6.61 Å². The van der Waals surface area contributed by atoms with E-state index in [1.54, 1.807) is 0 Å². The topological polar surface area (TPSA) is 34.2 Å². The van der Waals surface area contributed by atoms with Crippen LogP contribution in [0, 0.1) is 29.1 Å². The number of nitrogens with one attached hydrogen (secondary N) is 1. The molecule has 0 aliphatic heterocycles. The molecule has 2 rings (SSSR count). The minimum Gasteiger partial charge on any atom is -0.482 e. The average Bonchev–Trinajstić information content (AvgIpc) is 2.91. The smallest absolute Gasteiger partial charge is 0.207 e. The van der Waals surface area contributed by atoms with Crippen molar-refractivity contribution in [2.24, 2.45) is 0 Å². The molecule has 0 radical (unpaired) electrons. The zero-order valence-electron chi connectivity index (χ0n) is 10.6. The monoisotopic (exact) mass is 324 g/mol. The van der Waals surface area contributed by atoms with Crippen LogP contribution in [0.15, 0.2) is 6.20 Å². The number of anilines is 1. The first-order valence-electron chi connectivity index (χ1n) is 5.78. The lowest BCUT2D eigenvalue weighted by molar-refractivity contribution is 0.255. The van der Waals surface area contributed by atoms with Crippen LogP contribution >= 0.6 is 11.3 Å². The Morgan fingerprint density at radius 2 is 1.62 bits per heavy atom. The number of hydrogen-bond acceptors (Lipinski definition) is 4. The highest BCUT2D eigenvalue weighted by Gasteiger charge is 2.27. The molecule has 1 heterocycles. The van der Waals surface area contributed by atoms with E-state index in [-0.39, 0.29) is 6.61 Å². The van der Waals surface area contributed by atoms with Gasteiger partial charge in [-0.3, -0.25) is 0 Å². The second-order valence-corrected chi connectivity index (χ2v) is 4.96. The Bertz CT molecular complexity index is 632. The van der Waals surface area contributed by atoms with Gasteiger partial charge in [-0.2, -0.15) is 8.78 Å². The Balaban J connectivity index is 2.20. The SMILES string of the molecule is CCNc1ncc(COc2c(F)c(F)c(F)c(F)c2F)s1. The van der Waals surface area contributed by atoms with Crippen molar-refractivity contribution in [1.82, 2.24) is 4.98 Å². The minimum absolute atomic E-state index is 0.360. The molecule has 0 bridgehead atoms. The standard InChI is InChI=1S/C12H9F5N2OS/c1-2-18-12-19-3-5(21-12)4-20-11-9(16)7(14)6(13)8(15)10(11)17/h3H,2,4H2,1H3,(H,18,19). The van der Waals surface area contributed by atoms with Gasteiger partial charge in [0, 0.05) is 12.7 Å². The van der Waals surface area contributed by atoms with Gasteiger partial charge in [-0.15, -0.1) is 0 Å². The summed E-state index contributed by atoms with van der Waals surface area (Å²) in [5, 5.41) is 3.47. The number of hydrogen-bond donors (Lipinski definition) is 1. The Labute approximate surface area is 120 Å². The third-order valence-electron chi connectivity index (χ3n) is 2.41. The van der Waals surface area contributed by atoms with Crippen LogP contribution < -0.4 is 10.1 Å². The van der Waals surface area contributed by atoms with E-state index in [4.69, 9.17) is 4.74 Å². The summed E-state index contributed by atoms with van der Waals surface area (Å²) in [5.41, 5.74) is 0. The summed E-state index contributed by atoms with van der Waals surface area (Å²) in [6.45, 7) is 2.12. The van der Waals surface area contributed by atoms with E-state index in [1.165, 1.54) is 6.20 Å². The predicted octanol–water partition coefficient (Wildman–Crippen LogP) is 3.85. The van der Waals surface area contributed by atoms with Crippen molar-refractivity contribution in [3.05, 3.63) is 40.2 Å². The molecule has 0 fully saturated rings. The number of ether oxygens (including phenoxy) is 1. The fourth-order valence-corrected chi connectivity index (χ4v) is 2.26. The van der Waals surface area contributed by atoms with Gasteiger partial charge < -0.3 is 10.1 Å². The van der Waals surface area contributed by atoms with Gasteiger partial charge in [-0.25, -0.2) is 18.2 Å². The summed E-state index contributed by atoms with van der Waals surface area (Å²) in [6.07, 6.45) is 1.38. The van der Waals surface area contributed by atoms with E-state index < -0.39 is 34.8 Å². The molecule has 0 saturated heterocycles. The fourth-order valence-electron chi connectivity index (χ4n) is 1.46. The lowest BCUT2D eigenvalue weighted by atomic mass is 10.2. The zero-order chi connectivity index (χ0) is 15.6. The van der Waals surface area contributed by atoms with Crippen molar-refractivity contribution in [3.63, 3.8) is 0 Å². The van der Waals surface area contributed by atoms with Crippen molar-refractivity contribution in [1.29, 1.82) is 0 Å². The van der Waals surface area contributed by atoms with Crippen LogP contribution in [0.25, 0.3) is 0 Å². The Morgan fingerprint density at radius 1 is 1.05 bits per heavy atom. The van der Waals surface area contributed by atoms with Crippen LogP contribution in [-0.4, -0.2) is 11.5 Å². The van der Waals surface area contributed by atoms with E-state index in [2.05, 4.69) is 10.3 Å². The molecule has 2 aromatic rings. The highest BCUT2D eigenvalue weighted by Crippen LogP contribution is 2.30. The van der Waals surface area contributed by atoms with Gasteiger partial charge in [0.25, 0.3) is 0 Å². The number of thiazole rings is 1. The molecule has 0 saturated carbocycles. The first kappa shape index (κ1) is 15.5. The van der Waals surface area contributed by atoms with Gasteiger partial charge in [0.2, 0.25) is 29.1 Å². The summed E-state index contributed by atoms with van der Waals surface area (Å²) in [5.74, 6) is -11.6. The van der Waals surface area contributed by atoms with E-state index in [1.807, 2.05) is 6.92 Å². The van der Waals surface area contributed by atoms with Crippen LogP contribution in [0.5, 0.6) is 5.75 Å². The molecule has 0 amide bonds. The molecular weight excluding hydrogens is 315 g/mol. The summed E-state index contributed by atoms with van der Waals surface area (Å²) in [7, 11) is 0. The molecule has 114 valence electrons. The van der Waals surface area contributed by atoms with Gasteiger partial charge in [-0.1, -0.05) is 11.3 Å². The Kier molecular flexibility index (Phi) is 4.61. The third kappa shape index (κ3) is 3.07. The minimum atomic E-state index is -2.22. The Hall–Kier alpha value is -1.90. The van der Waals surface area contributed by atoms with E-state index in [0.717, 1.165) is 11.3 Å². The van der Waals surface area contributed by atoms with Crippen molar-refractivity contribution in [2.75, 3.05) is 11.9 Å². The van der Waals surface area contributed by atoms with Crippen LogP contribution in [0.3, 0.4) is 0 Å². The van der Waals surface area contributed by atoms with Crippen LogP contribution in [0.4, 0.5) is 27.1 Å². The zero-order valence-corrected chi connectivity index (χ0v) is 11.5. The molecule has 21 heavy (non-hydrogen) atoms. The maximum atomic E-state index is 13.4. The Morgan fingerprint density at radius 3 is 2.19 bits per heavy atom. The second kappa shape index (κ2) is 6.25. The fraction of sp³-hybridized carbons (Fsp3) is 0.250. The summed E-state index contributed by atoms with van der Waals surface area (Å²) < 4.78 is 70.2. The number of benzene rings is 1. The normalized spacial score (nSPS) is 10.8. The molecule has 3 nitrogen and oxygen atoms in total. The lowest BCUT2D eigenvalue weighted by Crippen LogP contribution is -2.06. The van der Waals surface area contributed by atoms with Crippen LogP contribution in [0.2, 0.25) is 0 Å². The maximum Gasteiger partial charge on any atom is 0.207 e. The first-order valence-corrected chi connectivity index (χ1v) is 6.60. The van der Waals surface area contributed by atoms with Gasteiger partial charge >= 0.3 is 0 Å². The van der Waals surface area contributed by atoms with E-state index >= 15 is 0 Å². The molecule has 0 spiro atoms. The van der Waals surface area contributed by atoms with E-state index in [0.29, 0.717) is 16.6 Å². The molecule has 0 aliphatic carbocycles. The first-order chi connectivity index (χ1) is 9.95. The summed E-state index contributed by atoms with van der Waals surface area (Å²) >= 11 is 1.15. The van der Waals surface area contributed by atoms with Gasteiger partial charge in [-0.05, 0) is 6.92 Å². The quantitative estimate of drug-likeness (QED) is 0.515. The molecule has 1 N–H and O–H groups in total. The molecule has 0 unspecified atom stereocenters. The number of nitrogens with zero attached hydrogens (tertiary/aromatic N) is 1. The van der Waals surface area contributed by atoms with Crippen LogP contribution in [0.1, 0.15) is 11.8 Å².